The van der Waals surface area contributed by atoms with Gasteiger partial charge < -0.3 is 10.5 Å². The fourth-order valence-corrected chi connectivity index (χ4v) is 2.38. The van der Waals surface area contributed by atoms with E-state index < -0.39 is 0 Å². The largest absolute Gasteiger partial charge is 0.455 e. The Balaban J connectivity index is 2.53. The van der Waals surface area contributed by atoms with Crippen molar-refractivity contribution in [1.29, 1.82) is 0 Å². The Morgan fingerprint density at radius 1 is 1.20 bits per heavy atom. The number of halogens is 1. The molecule has 0 atom stereocenters. The molecule has 0 aliphatic carbocycles. The Morgan fingerprint density at radius 3 is 2.55 bits per heavy atom. The first-order valence-electron chi connectivity index (χ1n) is 6.10. The second kappa shape index (κ2) is 5.77. The smallest absolute Gasteiger partial charge is 0.146 e. The molecule has 2 aromatic rings. The number of benzene rings is 1. The number of ether oxygens (including phenoxy) is 1. The highest BCUT2D eigenvalue weighted by molar-refractivity contribution is 7.80. The molecule has 0 spiro atoms. The summed E-state index contributed by atoms with van der Waals surface area (Å²) in [5, 5.41) is 0.539. The molecular weight excluding hydrogens is 292 g/mol. The Labute approximate surface area is 128 Å². The number of aromatic nitrogens is 1. The maximum absolute atomic E-state index is 6.15. The van der Waals surface area contributed by atoms with E-state index in [1.165, 1.54) is 0 Å². The molecule has 1 aromatic heterocycles. The van der Waals surface area contributed by atoms with E-state index >= 15 is 0 Å². The Hall–Kier alpha value is -1.65. The van der Waals surface area contributed by atoms with Crippen LogP contribution in [-0.2, 0) is 0 Å². The van der Waals surface area contributed by atoms with Crippen LogP contribution in [0.5, 0.6) is 11.5 Å². The summed E-state index contributed by atoms with van der Waals surface area (Å²) in [4.78, 5) is 4.61. The number of nitrogens with zero attached hydrogens (tertiary/aromatic N) is 1. The quantitative estimate of drug-likeness (QED) is 0.868. The van der Waals surface area contributed by atoms with Gasteiger partial charge in [-0.15, -0.1) is 0 Å². The fourth-order valence-electron chi connectivity index (χ4n) is 1.98. The van der Waals surface area contributed by atoms with Crippen LogP contribution in [0.2, 0.25) is 5.02 Å². The highest BCUT2D eigenvalue weighted by Crippen LogP contribution is 2.33. The predicted molar refractivity (Wildman–Crippen MR) is 85.9 cm³/mol. The van der Waals surface area contributed by atoms with Crippen LogP contribution in [0, 0.1) is 20.8 Å². The van der Waals surface area contributed by atoms with E-state index in [0.717, 1.165) is 17.0 Å². The maximum Gasteiger partial charge on any atom is 0.146 e. The fraction of sp³-hybridized carbons (Fsp3) is 0.200. The first kappa shape index (κ1) is 14.8. The molecule has 0 fully saturated rings. The van der Waals surface area contributed by atoms with E-state index in [1.807, 2.05) is 32.9 Å². The number of pyridine rings is 1. The molecule has 0 aliphatic rings. The molecule has 0 saturated carbocycles. The Morgan fingerprint density at radius 2 is 1.90 bits per heavy atom. The summed E-state index contributed by atoms with van der Waals surface area (Å²) in [6.07, 6.45) is 0. The average Bonchev–Trinajstić information content (AvgIpc) is 2.32. The third-order valence-corrected chi connectivity index (χ3v) is 3.36. The van der Waals surface area contributed by atoms with Crippen LogP contribution in [0.1, 0.15) is 22.5 Å². The number of rotatable bonds is 3. The van der Waals surface area contributed by atoms with Gasteiger partial charge in [-0.25, -0.2) is 0 Å². The molecular formula is C15H15ClN2OS. The summed E-state index contributed by atoms with van der Waals surface area (Å²) in [5.41, 5.74) is 9.05. The Kier molecular flexibility index (Phi) is 4.26. The van der Waals surface area contributed by atoms with Gasteiger partial charge in [0.1, 0.15) is 16.5 Å². The van der Waals surface area contributed by atoms with E-state index in [4.69, 9.17) is 34.3 Å². The summed E-state index contributed by atoms with van der Waals surface area (Å²) in [7, 11) is 0. The van der Waals surface area contributed by atoms with Gasteiger partial charge in [-0.3, -0.25) is 4.98 Å². The number of hydrogen-bond acceptors (Lipinski definition) is 3. The van der Waals surface area contributed by atoms with Crippen molar-refractivity contribution >= 4 is 28.8 Å². The third kappa shape index (κ3) is 3.08. The minimum Gasteiger partial charge on any atom is -0.455 e. The molecule has 1 heterocycles. The molecule has 0 amide bonds. The summed E-state index contributed by atoms with van der Waals surface area (Å²) < 4.78 is 5.90. The van der Waals surface area contributed by atoms with E-state index in [1.54, 1.807) is 12.1 Å². The molecule has 1 aromatic carbocycles. The van der Waals surface area contributed by atoms with Crippen molar-refractivity contribution in [2.24, 2.45) is 5.73 Å². The number of thiocarbonyl (C=S) groups is 1. The van der Waals surface area contributed by atoms with Crippen LogP contribution < -0.4 is 10.5 Å². The zero-order valence-electron chi connectivity index (χ0n) is 11.5. The standard InChI is InChI=1S/C15H15ClN2OS/c1-8-4-5-11(16)12(6-8)19-13-7-9(2)18-10(3)14(13)15(17)20/h4-7H,1-3H3,(H2,17,20). The van der Waals surface area contributed by atoms with Crippen molar-refractivity contribution in [2.45, 2.75) is 20.8 Å². The topological polar surface area (TPSA) is 48.1 Å². The predicted octanol–water partition coefficient (Wildman–Crippen LogP) is 4.09. The van der Waals surface area contributed by atoms with Crippen LogP contribution in [0.25, 0.3) is 0 Å². The van der Waals surface area contributed by atoms with Crippen molar-refractivity contribution in [3.05, 3.63) is 51.8 Å². The zero-order chi connectivity index (χ0) is 14.9. The lowest BCUT2D eigenvalue weighted by atomic mass is 10.1. The van der Waals surface area contributed by atoms with Crippen molar-refractivity contribution in [1.82, 2.24) is 4.98 Å². The molecule has 0 radical (unpaired) electrons. The molecule has 0 aliphatic heterocycles. The molecule has 104 valence electrons. The molecule has 20 heavy (non-hydrogen) atoms. The van der Waals surface area contributed by atoms with Gasteiger partial charge in [0, 0.05) is 11.8 Å². The van der Waals surface area contributed by atoms with Gasteiger partial charge in [-0.1, -0.05) is 29.9 Å². The van der Waals surface area contributed by atoms with Crippen molar-refractivity contribution in [3.63, 3.8) is 0 Å². The number of aryl methyl sites for hydroxylation is 3. The van der Waals surface area contributed by atoms with Gasteiger partial charge in [0.05, 0.1) is 16.3 Å². The molecule has 2 N–H and O–H groups in total. The third-order valence-electron chi connectivity index (χ3n) is 2.85. The van der Waals surface area contributed by atoms with Gasteiger partial charge in [0.15, 0.2) is 0 Å². The van der Waals surface area contributed by atoms with E-state index in [-0.39, 0.29) is 4.99 Å². The van der Waals surface area contributed by atoms with E-state index in [2.05, 4.69) is 4.98 Å². The minimum atomic E-state index is 0.258. The normalized spacial score (nSPS) is 10.4. The molecule has 3 nitrogen and oxygen atoms in total. The van der Waals surface area contributed by atoms with Crippen LogP contribution in [-0.4, -0.2) is 9.97 Å². The zero-order valence-corrected chi connectivity index (χ0v) is 13.1. The van der Waals surface area contributed by atoms with Crippen LogP contribution in [0.15, 0.2) is 24.3 Å². The summed E-state index contributed by atoms with van der Waals surface area (Å²) in [5.74, 6) is 1.16. The molecule has 0 bridgehead atoms. The van der Waals surface area contributed by atoms with E-state index in [9.17, 15) is 0 Å². The van der Waals surface area contributed by atoms with Crippen molar-refractivity contribution < 1.29 is 4.74 Å². The first-order chi connectivity index (χ1) is 9.38. The second-order valence-corrected chi connectivity index (χ2v) is 5.47. The lowest BCUT2D eigenvalue weighted by Crippen LogP contribution is -2.14. The maximum atomic E-state index is 6.15. The second-order valence-electron chi connectivity index (χ2n) is 4.62. The monoisotopic (exact) mass is 306 g/mol. The molecule has 0 unspecified atom stereocenters. The summed E-state index contributed by atoms with van der Waals surface area (Å²) >= 11 is 11.2. The van der Waals surface area contributed by atoms with Gasteiger partial charge >= 0.3 is 0 Å². The molecule has 0 saturated heterocycles. The van der Waals surface area contributed by atoms with Gasteiger partial charge in [0.25, 0.3) is 0 Å². The van der Waals surface area contributed by atoms with Crippen molar-refractivity contribution in [3.8, 4) is 11.5 Å². The van der Waals surface area contributed by atoms with Crippen LogP contribution in [0.4, 0.5) is 0 Å². The highest BCUT2D eigenvalue weighted by Gasteiger charge is 2.14. The van der Waals surface area contributed by atoms with Crippen molar-refractivity contribution in [2.75, 3.05) is 0 Å². The highest BCUT2D eigenvalue weighted by atomic mass is 35.5. The summed E-state index contributed by atoms with van der Waals surface area (Å²) in [6, 6.07) is 7.40. The van der Waals surface area contributed by atoms with Gasteiger partial charge in [-0.05, 0) is 38.5 Å². The van der Waals surface area contributed by atoms with Gasteiger partial charge in [0.2, 0.25) is 0 Å². The first-order valence-corrected chi connectivity index (χ1v) is 6.89. The molecule has 2 rings (SSSR count). The Bertz CT molecular complexity index is 686. The van der Waals surface area contributed by atoms with Crippen LogP contribution >= 0.6 is 23.8 Å². The summed E-state index contributed by atoms with van der Waals surface area (Å²) in [6.45, 7) is 5.72. The minimum absolute atomic E-state index is 0.258. The van der Waals surface area contributed by atoms with Gasteiger partial charge in [-0.2, -0.15) is 0 Å². The lowest BCUT2D eigenvalue weighted by molar-refractivity contribution is 0.479. The van der Waals surface area contributed by atoms with Crippen LogP contribution in [0.3, 0.4) is 0 Å². The number of nitrogens with two attached hydrogens (primary N) is 1. The van der Waals surface area contributed by atoms with E-state index in [0.29, 0.717) is 22.1 Å². The number of hydrogen-bond donors (Lipinski definition) is 1. The SMILES string of the molecule is Cc1ccc(Cl)c(Oc2cc(C)nc(C)c2C(N)=S)c1. The average molecular weight is 307 g/mol. The lowest BCUT2D eigenvalue weighted by Gasteiger charge is -2.14. The molecule has 5 heteroatoms.